The van der Waals surface area contributed by atoms with Crippen molar-refractivity contribution in [1.82, 2.24) is 0 Å². The fourth-order valence-electron chi connectivity index (χ4n) is 2.32. The SMILES string of the molecule is CC(C)(c1ccccc1)[c-]1ccc([Si](C)(C)C)c1.[Cl-].[Cl-].[Cl-].[Ti+4]. The quantitative estimate of drug-likeness (QED) is 0.353. The summed E-state index contributed by atoms with van der Waals surface area (Å²) in [7, 11) is -1.19. The van der Waals surface area contributed by atoms with Crippen LogP contribution in [-0.2, 0) is 27.1 Å². The van der Waals surface area contributed by atoms with Crippen molar-refractivity contribution in [3.05, 3.63) is 59.7 Å². The molecule has 0 heterocycles. The van der Waals surface area contributed by atoms with Gasteiger partial charge in [0, 0.05) is 8.07 Å². The molecule has 0 unspecified atom stereocenters. The molecule has 2 aromatic carbocycles. The van der Waals surface area contributed by atoms with E-state index < -0.39 is 8.07 Å². The number of rotatable bonds is 3. The molecule has 0 aliphatic rings. The number of hydrogen-bond acceptors (Lipinski definition) is 0. The molecule has 0 saturated carbocycles. The monoisotopic (exact) mass is 408 g/mol. The minimum absolute atomic E-state index is 0. The van der Waals surface area contributed by atoms with Crippen LogP contribution in [0.15, 0.2) is 48.5 Å². The van der Waals surface area contributed by atoms with Gasteiger partial charge in [0.25, 0.3) is 0 Å². The first-order valence-electron chi connectivity index (χ1n) is 6.65. The molecule has 0 aromatic heterocycles. The van der Waals surface area contributed by atoms with Gasteiger partial charge in [0.05, 0.1) is 0 Å². The number of benzene rings is 1. The van der Waals surface area contributed by atoms with Gasteiger partial charge in [-0.1, -0.05) is 63.8 Å². The zero-order valence-corrected chi connectivity index (χ0v) is 18.6. The molecular weight excluding hydrogens is 386 g/mol. The van der Waals surface area contributed by atoms with E-state index in [-0.39, 0.29) is 64.4 Å². The third-order valence-electron chi connectivity index (χ3n) is 3.84. The van der Waals surface area contributed by atoms with Crippen LogP contribution in [0.2, 0.25) is 19.6 Å². The van der Waals surface area contributed by atoms with Gasteiger partial charge in [0.2, 0.25) is 0 Å². The van der Waals surface area contributed by atoms with E-state index in [0.29, 0.717) is 0 Å². The maximum atomic E-state index is 2.42. The van der Waals surface area contributed by atoms with Crippen LogP contribution < -0.4 is 42.4 Å². The first-order chi connectivity index (χ1) is 8.32. The summed E-state index contributed by atoms with van der Waals surface area (Å²) in [6, 6.07) is 17.8. The molecule has 120 valence electrons. The molecule has 0 saturated heterocycles. The van der Waals surface area contributed by atoms with E-state index in [4.69, 9.17) is 0 Å². The van der Waals surface area contributed by atoms with Gasteiger partial charge in [-0.05, 0) is 11.0 Å². The molecular formula is C17H23Cl3SiTi. The first-order valence-corrected chi connectivity index (χ1v) is 10.1. The Hall–Kier alpha value is 0.371. The van der Waals surface area contributed by atoms with Crippen LogP contribution in [0.1, 0.15) is 25.0 Å². The Morgan fingerprint density at radius 2 is 1.36 bits per heavy atom. The normalized spacial score (nSPS) is 10.4. The minimum Gasteiger partial charge on any atom is -1.00 e. The molecule has 22 heavy (non-hydrogen) atoms. The van der Waals surface area contributed by atoms with Gasteiger partial charge in [0.15, 0.2) is 0 Å². The summed E-state index contributed by atoms with van der Waals surface area (Å²) >= 11 is 0. The van der Waals surface area contributed by atoms with Gasteiger partial charge in [-0.2, -0.15) is 12.1 Å². The number of hydrogen-bond donors (Lipinski definition) is 0. The molecule has 0 N–H and O–H groups in total. The van der Waals surface area contributed by atoms with Gasteiger partial charge < -0.3 is 37.2 Å². The zero-order chi connectivity index (χ0) is 13.4. The molecule has 0 spiro atoms. The minimum atomic E-state index is -1.19. The molecule has 0 nitrogen and oxygen atoms in total. The summed E-state index contributed by atoms with van der Waals surface area (Å²) in [5, 5.41) is 1.56. The third kappa shape index (κ3) is 6.11. The Morgan fingerprint density at radius 3 is 1.77 bits per heavy atom. The Morgan fingerprint density at radius 1 is 0.864 bits per heavy atom. The van der Waals surface area contributed by atoms with E-state index in [1.165, 1.54) is 11.1 Å². The molecule has 0 aliphatic carbocycles. The summed E-state index contributed by atoms with van der Waals surface area (Å²) in [5.74, 6) is 0. The molecule has 0 radical (unpaired) electrons. The van der Waals surface area contributed by atoms with Gasteiger partial charge in [-0.25, -0.2) is 11.3 Å². The largest absolute Gasteiger partial charge is 4.00 e. The van der Waals surface area contributed by atoms with E-state index in [1.54, 1.807) is 5.19 Å². The summed E-state index contributed by atoms with van der Waals surface area (Å²) in [6.07, 6.45) is 0. The molecule has 0 fully saturated rings. The van der Waals surface area contributed by atoms with Crippen molar-refractivity contribution in [2.75, 3.05) is 0 Å². The maximum absolute atomic E-state index is 2.42. The Bertz CT molecular complexity index is 530. The average molecular weight is 410 g/mol. The molecule has 2 aromatic rings. The summed E-state index contributed by atoms with van der Waals surface area (Å²) in [4.78, 5) is 0. The third-order valence-corrected chi connectivity index (χ3v) is 5.88. The van der Waals surface area contributed by atoms with E-state index in [2.05, 4.69) is 82.0 Å². The second-order valence-corrected chi connectivity index (χ2v) is 11.7. The standard InChI is InChI=1S/C17H23Si.3ClH.Ti/c1-17(2,14-9-7-6-8-10-14)15-11-12-16(13-15)18(3,4)5;;;;/h6-13H,1-5H3;3*1H;/q-1;;;;+4/p-3. The predicted octanol–water partition coefficient (Wildman–Crippen LogP) is -4.71. The van der Waals surface area contributed by atoms with Crippen LogP contribution in [0.25, 0.3) is 0 Å². The van der Waals surface area contributed by atoms with Crippen molar-refractivity contribution in [2.45, 2.75) is 38.9 Å². The summed E-state index contributed by atoms with van der Waals surface area (Å²) < 4.78 is 0. The van der Waals surface area contributed by atoms with Crippen molar-refractivity contribution in [3.8, 4) is 0 Å². The molecule has 0 atom stereocenters. The molecule has 0 bridgehead atoms. The van der Waals surface area contributed by atoms with Crippen LogP contribution in [-0.4, -0.2) is 8.07 Å². The van der Waals surface area contributed by atoms with Crippen LogP contribution >= 0.6 is 0 Å². The Labute approximate surface area is 170 Å². The van der Waals surface area contributed by atoms with Gasteiger partial charge in [0.1, 0.15) is 0 Å². The molecule has 0 aliphatic heterocycles. The Kier molecular flexibility index (Phi) is 12.7. The van der Waals surface area contributed by atoms with Gasteiger partial charge >= 0.3 is 21.7 Å². The van der Waals surface area contributed by atoms with E-state index in [1.807, 2.05) is 0 Å². The van der Waals surface area contributed by atoms with Crippen molar-refractivity contribution < 1.29 is 58.9 Å². The van der Waals surface area contributed by atoms with Crippen LogP contribution in [0, 0.1) is 0 Å². The van der Waals surface area contributed by atoms with E-state index in [9.17, 15) is 0 Å². The van der Waals surface area contributed by atoms with Crippen LogP contribution in [0.5, 0.6) is 0 Å². The fraction of sp³-hybridized carbons (Fsp3) is 0.353. The fourth-order valence-corrected chi connectivity index (χ4v) is 3.49. The summed E-state index contributed by atoms with van der Waals surface area (Å²) in [5.41, 5.74) is 2.92. The average Bonchev–Trinajstić information content (AvgIpc) is 2.79. The topological polar surface area (TPSA) is 0 Å². The van der Waals surface area contributed by atoms with Crippen molar-refractivity contribution >= 4 is 13.3 Å². The van der Waals surface area contributed by atoms with E-state index in [0.717, 1.165) is 0 Å². The van der Waals surface area contributed by atoms with Crippen LogP contribution in [0.4, 0.5) is 0 Å². The summed E-state index contributed by atoms with van der Waals surface area (Å²) in [6.45, 7) is 11.8. The smallest absolute Gasteiger partial charge is 1.00 e. The molecule has 5 heteroatoms. The van der Waals surface area contributed by atoms with E-state index >= 15 is 0 Å². The van der Waals surface area contributed by atoms with Crippen molar-refractivity contribution in [3.63, 3.8) is 0 Å². The molecule has 0 amide bonds. The van der Waals surface area contributed by atoms with Crippen LogP contribution in [0.3, 0.4) is 0 Å². The van der Waals surface area contributed by atoms with Gasteiger partial charge in [-0.15, -0.1) is 5.56 Å². The predicted molar refractivity (Wildman–Crippen MR) is 83.6 cm³/mol. The second kappa shape index (κ2) is 10.3. The second-order valence-electron chi connectivity index (χ2n) is 6.63. The van der Waals surface area contributed by atoms with Gasteiger partial charge in [-0.3, -0.25) is 0 Å². The maximum Gasteiger partial charge on any atom is 4.00 e. The Balaban J connectivity index is -0.000000902. The first kappa shape index (κ1) is 27.2. The van der Waals surface area contributed by atoms with Crippen molar-refractivity contribution in [1.29, 1.82) is 0 Å². The van der Waals surface area contributed by atoms with Crippen molar-refractivity contribution in [2.24, 2.45) is 0 Å². The molecule has 2 rings (SSSR count). The zero-order valence-electron chi connectivity index (χ0n) is 13.8. The number of halogens is 3.